The summed E-state index contributed by atoms with van der Waals surface area (Å²) in [6.07, 6.45) is 1.46. The summed E-state index contributed by atoms with van der Waals surface area (Å²) in [6.45, 7) is 5.96. The van der Waals surface area contributed by atoms with Crippen LogP contribution in [0.2, 0.25) is 0 Å². The van der Waals surface area contributed by atoms with Crippen LogP contribution in [0.1, 0.15) is 24.2 Å². The number of methoxy groups -OCH3 is 2. The van der Waals surface area contributed by atoms with Crippen molar-refractivity contribution in [2.24, 2.45) is 4.99 Å². The maximum atomic E-state index is 5.34. The molecule has 0 bridgehead atoms. The molecular formula is C18H27N5O3. The van der Waals surface area contributed by atoms with E-state index in [2.05, 4.69) is 25.8 Å². The Morgan fingerprint density at radius 1 is 1.15 bits per heavy atom. The first kappa shape index (κ1) is 19.6. The van der Waals surface area contributed by atoms with E-state index in [9.17, 15) is 0 Å². The Kier molecular flexibility index (Phi) is 7.73. The molecule has 0 unspecified atom stereocenters. The Hall–Kier alpha value is -2.77. The molecule has 1 aromatic heterocycles. The molecule has 1 aromatic carbocycles. The van der Waals surface area contributed by atoms with Gasteiger partial charge in [-0.2, -0.15) is 4.98 Å². The second kappa shape index (κ2) is 10.3. The van der Waals surface area contributed by atoms with Crippen LogP contribution >= 0.6 is 0 Å². The highest BCUT2D eigenvalue weighted by Crippen LogP contribution is 2.27. The molecule has 8 heteroatoms. The van der Waals surface area contributed by atoms with E-state index in [0.29, 0.717) is 24.7 Å². The van der Waals surface area contributed by atoms with E-state index < -0.39 is 0 Å². The van der Waals surface area contributed by atoms with Gasteiger partial charge in [0.2, 0.25) is 5.89 Å². The number of nitrogens with one attached hydrogen (secondary N) is 2. The zero-order chi connectivity index (χ0) is 18.8. The summed E-state index contributed by atoms with van der Waals surface area (Å²) in [5.74, 6) is 3.48. The molecule has 0 aliphatic carbocycles. The first-order valence-corrected chi connectivity index (χ1v) is 8.68. The fraction of sp³-hybridized carbons (Fsp3) is 0.500. The van der Waals surface area contributed by atoms with Gasteiger partial charge in [0.1, 0.15) is 0 Å². The highest BCUT2D eigenvalue weighted by Gasteiger charge is 2.05. The zero-order valence-corrected chi connectivity index (χ0v) is 15.8. The molecule has 0 atom stereocenters. The van der Waals surface area contributed by atoms with Crippen molar-refractivity contribution in [3.63, 3.8) is 0 Å². The Bertz CT molecular complexity index is 715. The lowest BCUT2D eigenvalue weighted by molar-refractivity contribution is 0.354. The minimum Gasteiger partial charge on any atom is -0.493 e. The van der Waals surface area contributed by atoms with E-state index in [-0.39, 0.29) is 0 Å². The van der Waals surface area contributed by atoms with Crippen molar-refractivity contribution in [3.05, 3.63) is 35.5 Å². The molecule has 8 nitrogen and oxygen atoms in total. The van der Waals surface area contributed by atoms with Crippen LogP contribution in [-0.2, 0) is 12.8 Å². The van der Waals surface area contributed by atoms with E-state index >= 15 is 0 Å². The van der Waals surface area contributed by atoms with Crippen molar-refractivity contribution in [1.29, 1.82) is 0 Å². The molecule has 2 N–H and O–H groups in total. The number of nitrogens with zero attached hydrogens (tertiary/aromatic N) is 3. The average Bonchev–Trinajstić information content (AvgIpc) is 3.06. The number of aliphatic imine (C=N–C) groups is 1. The van der Waals surface area contributed by atoms with E-state index in [1.807, 2.05) is 25.1 Å². The average molecular weight is 361 g/mol. The third-order valence-corrected chi connectivity index (χ3v) is 3.66. The molecule has 26 heavy (non-hydrogen) atoms. The maximum absolute atomic E-state index is 5.34. The molecular weight excluding hydrogens is 334 g/mol. The lowest BCUT2D eigenvalue weighted by Gasteiger charge is -2.12. The van der Waals surface area contributed by atoms with Crippen molar-refractivity contribution in [2.45, 2.75) is 26.7 Å². The highest BCUT2D eigenvalue weighted by atomic mass is 16.5. The summed E-state index contributed by atoms with van der Waals surface area (Å²) >= 11 is 0. The molecule has 2 rings (SSSR count). The van der Waals surface area contributed by atoms with Gasteiger partial charge in [-0.25, -0.2) is 0 Å². The number of aryl methyl sites for hydroxylation is 1. The second-order valence-electron chi connectivity index (χ2n) is 5.61. The number of aromatic nitrogens is 2. The van der Waals surface area contributed by atoms with Gasteiger partial charge in [-0.15, -0.1) is 0 Å². The van der Waals surface area contributed by atoms with E-state index in [1.165, 1.54) is 0 Å². The summed E-state index contributed by atoms with van der Waals surface area (Å²) in [4.78, 5) is 8.71. The van der Waals surface area contributed by atoms with Crippen molar-refractivity contribution in [1.82, 2.24) is 20.8 Å². The molecule has 0 amide bonds. The summed E-state index contributed by atoms with van der Waals surface area (Å²) in [6, 6.07) is 5.94. The molecule has 0 saturated heterocycles. The van der Waals surface area contributed by atoms with Gasteiger partial charge in [-0.05, 0) is 38.0 Å². The topological polar surface area (TPSA) is 93.8 Å². The molecule has 1 heterocycles. The van der Waals surface area contributed by atoms with Gasteiger partial charge >= 0.3 is 0 Å². The second-order valence-corrected chi connectivity index (χ2v) is 5.61. The standard InChI is InChI=1S/C18H27N5O3/c1-5-19-18(21-11-9-17-22-13(2)23-26-17)20-10-8-14-6-7-15(24-3)16(12-14)25-4/h6-7,12H,5,8-11H2,1-4H3,(H2,19,20,21). The van der Waals surface area contributed by atoms with E-state index in [4.69, 9.17) is 14.0 Å². The lowest BCUT2D eigenvalue weighted by Crippen LogP contribution is -2.38. The Balaban J connectivity index is 1.84. The number of guanidine groups is 1. The largest absolute Gasteiger partial charge is 0.493 e. The minimum atomic E-state index is 0.577. The van der Waals surface area contributed by atoms with Gasteiger partial charge < -0.3 is 24.6 Å². The summed E-state index contributed by atoms with van der Waals surface area (Å²) in [5.41, 5.74) is 1.16. The van der Waals surface area contributed by atoms with Gasteiger partial charge in [0.25, 0.3) is 0 Å². The predicted molar refractivity (Wildman–Crippen MR) is 100.0 cm³/mol. The molecule has 2 aromatic rings. The highest BCUT2D eigenvalue weighted by molar-refractivity contribution is 5.79. The first-order chi connectivity index (χ1) is 12.7. The fourth-order valence-electron chi connectivity index (χ4n) is 2.41. The van der Waals surface area contributed by atoms with Crippen molar-refractivity contribution < 1.29 is 14.0 Å². The van der Waals surface area contributed by atoms with Crippen LogP contribution in [0.25, 0.3) is 0 Å². The van der Waals surface area contributed by atoms with Crippen molar-refractivity contribution >= 4 is 5.96 Å². The van der Waals surface area contributed by atoms with Crippen LogP contribution in [-0.4, -0.2) is 50.0 Å². The van der Waals surface area contributed by atoms with Crippen LogP contribution in [0, 0.1) is 6.92 Å². The van der Waals surface area contributed by atoms with Crippen molar-refractivity contribution in [3.8, 4) is 11.5 Å². The van der Waals surface area contributed by atoms with Gasteiger partial charge in [-0.1, -0.05) is 11.2 Å². The fourth-order valence-corrected chi connectivity index (χ4v) is 2.41. The summed E-state index contributed by atoms with van der Waals surface area (Å²) in [5, 5.41) is 10.3. The smallest absolute Gasteiger partial charge is 0.228 e. The van der Waals surface area contributed by atoms with Crippen molar-refractivity contribution in [2.75, 3.05) is 33.9 Å². The Morgan fingerprint density at radius 3 is 2.62 bits per heavy atom. The first-order valence-electron chi connectivity index (χ1n) is 8.68. The van der Waals surface area contributed by atoms with E-state index in [0.717, 1.165) is 42.5 Å². The van der Waals surface area contributed by atoms with Gasteiger partial charge in [0.05, 0.1) is 20.8 Å². The normalized spacial score (nSPS) is 11.3. The molecule has 0 saturated carbocycles. The molecule has 0 fully saturated rings. The maximum Gasteiger partial charge on any atom is 0.228 e. The van der Waals surface area contributed by atoms with Crippen LogP contribution in [0.4, 0.5) is 0 Å². The Labute approximate surface area is 154 Å². The van der Waals surface area contributed by atoms with Crippen LogP contribution in [0.15, 0.2) is 27.7 Å². The zero-order valence-electron chi connectivity index (χ0n) is 15.8. The monoisotopic (exact) mass is 361 g/mol. The molecule has 0 radical (unpaired) electrons. The van der Waals surface area contributed by atoms with E-state index in [1.54, 1.807) is 21.1 Å². The summed E-state index contributed by atoms with van der Waals surface area (Å²) < 4.78 is 15.7. The Morgan fingerprint density at radius 2 is 1.96 bits per heavy atom. The predicted octanol–water partition coefficient (Wildman–Crippen LogP) is 1.74. The number of hydrogen-bond donors (Lipinski definition) is 2. The molecule has 0 spiro atoms. The summed E-state index contributed by atoms with van der Waals surface area (Å²) in [7, 11) is 3.27. The minimum absolute atomic E-state index is 0.577. The third-order valence-electron chi connectivity index (χ3n) is 3.66. The van der Waals surface area contributed by atoms with Gasteiger partial charge in [-0.3, -0.25) is 4.99 Å². The number of rotatable bonds is 9. The van der Waals surface area contributed by atoms with Gasteiger partial charge in [0.15, 0.2) is 23.3 Å². The molecule has 0 aliphatic heterocycles. The number of benzene rings is 1. The van der Waals surface area contributed by atoms with Crippen LogP contribution in [0.3, 0.4) is 0 Å². The molecule has 142 valence electrons. The quantitative estimate of drug-likeness (QED) is 0.519. The third kappa shape index (κ3) is 5.94. The van der Waals surface area contributed by atoms with Crippen LogP contribution in [0.5, 0.6) is 11.5 Å². The SMILES string of the molecule is CCNC(=NCCc1nc(C)no1)NCCc1ccc(OC)c(OC)c1. The number of hydrogen-bond acceptors (Lipinski definition) is 6. The molecule has 0 aliphatic rings. The van der Waals surface area contributed by atoms with Crippen LogP contribution < -0.4 is 20.1 Å². The number of ether oxygens (including phenoxy) is 2. The van der Waals surface area contributed by atoms with Gasteiger partial charge in [0, 0.05) is 19.5 Å². The lowest BCUT2D eigenvalue weighted by atomic mass is 10.1.